The molecule has 0 spiro atoms. The molecule has 8 aromatic rings. The topological polar surface area (TPSA) is 57.4 Å². The summed E-state index contributed by atoms with van der Waals surface area (Å²) in [7, 11) is 0. The monoisotopic (exact) mass is 488 g/mol. The van der Waals surface area contributed by atoms with Gasteiger partial charge >= 0.3 is 0 Å². The van der Waals surface area contributed by atoms with E-state index in [1.165, 1.54) is 32.7 Å². The number of nitrogens with one attached hydrogen (secondary N) is 2. The van der Waals surface area contributed by atoms with E-state index in [4.69, 9.17) is 0 Å². The van der Waals surface area contributed by atoms with Crippen LogP contribution in [-0.2, 0) is 0 Å². The molecular formula is C34H24N4. The number of hydrogen-bond donors (Lipinski definition) is 2. The highest BCUT2D eigenvalue weighted by Crippen LogP contribution is 2.30. The third kappa shape index (κ3) is 3.98. The van der Waals surface area contributed by atoms with Crippen molar-refractivity contribution in [3.05, 3.63) is 134 Å². The Hall–Kier alpha value is -5.22. The Morgan fingerprint density at radius 1 is 0.447 bits per heavy atom. The molecule has 0 aliphatic carbocycles. The number of aromatic amines is 2. The predicted molar refractivity (Wildman–Crippen MR) is 158 cm³/mol. The van der Waals surface area contributed by atoms with Crippen LogP contribution >= 0.6 is 0 Å². The number of nitrogens with zero attached hydrogens (tertiary/aromatic N) is 2. The summed E-state index contributed by atoms with van der Waals surface area (Å²) in [5.41, 5.74) is 9.09. The van der Waals surface area contributed by atoms with Gasteiger partial charge in [0.1, 0.15) is 0 Å². The molecule has 0 aliphatic rings. The fourth-order valence-electron chi connectivity index (χ4n) is 5.06. The smallest absolute Gasteiger partial charge is 0.0702 e. The maximum atomic E-state index is 4.53. The molecule has 4 nitrogen and oxygen atoms in total. The number of para-hydroxylation sites is 4. The van der Waals surface area contributed by atoms with E-state index in [0.29, 0.717) is 0 Å². The van der Waals surface area contributed by atoms with Gasteiger partial charge in [0, 0.05) is 79.6 Å². The van der Waals surface area contributed by atoms with Crippen molar-refractivity contribution in [2.24, 2.45) is 0 Å². The molecule has 4 heterocycles. The lowest BCUT2D eigenvalue weighted by Crippen LogP contribution is -1.81. The van der Waals surface area contributed by atoms with Crippen LogP contribution in [0.2, 0.25) is 0 Å². The molecule has 0 atom stereocenters. The Morgan fingerprint density at radius 2 is 0.868 bits per heavy atom. The van der Waals surface area contributed by atoms with Gasteiger partial charge in [0.15, 0.2) is 0 Å². The van der Waals surface area contributed by atoms with Crippen LogP contribution in [0.1, 0.15) is 0 Å². The highest BCUT2D eigenvalue weighted by Gasteiger charge is 2.08. The van der Waals surface area contributed by atoms with Gasteiger partial charge in [-0.05, 0) is 36.4 Å². The molecule has 38 heavy (non-hydrogen) atoms. The minimum atomic E-state index is 1.03. The van der Waals surface area contributed by atoms with E-state index in [-0.39, 0.29) is 0 Å². The van der Waals surface area contributed by atoms with Gasteiger partial charge in [0.25, 0.3) is 0 Å². The number of hydrogen-bond acceptors (Lipinski definition) is 2. The van der Waals surface area contributed by atoms with E-state index in [0.717, 1.165) is 33.2 Å². The van der Waals surface area contributed by atoms with Crippen LogP contribution in [0.15, 0.2) is 134 Å². The highest BCUT2D eigenvalue weighted by atomic mass is 14.7. The summed E-state index contributed by atoms with van der Waals surface area (Å²) in [5, 5.41) is 4.81. The second-order valence-electron chi connectivity index (χ2n) is 9.33. The van der Waals surface area contributed by atoms with E-state index < -0.39 is 0 Å². The number of fused-ring (bicyclic) bond motifs is 4. The van der Waals surface area contributed by atoms with Crippen LogP contribution in [0.5, 0.6) is 0 Å². The molecule has 0 radical (unpaired) electrons. The van der Waals surface area contributed by atoms with Crippen molar-refractivity contribution in [3.63, 3.8) is 0 Å². The summed E-state index contributed by atoms with van der Waals surface area (Å²) < 4.78 is 0. The van der Waals surface area contributed by atoms with Crippen LogP contribution in [0, 0.1) is 0 Å². The van der Waals surface area contributed by atoms with E-state index >= 15 is 0 Å². The lowest BCUT2D eigenvalue weighted by atomic mass is 10.0. The fourth-order valence-corrected chi connectivity index (χ4v) is 5.06. The van der Waals surface area contributed by atoms with Crippen molar-refractivity contribution in [1.82, 2.24) is 19.9 Å². The number of aromatic nitrogens is 4. The molecule has 4 heteroatoms. The standard InChI is InChI=1S/2C17H12N2/c2*1-3-7-16-12(5-1)9-13(10-18-16)15-11-19-17-8-4-2-6-14(15)17/h2*1-11,19H. The Kier molecular flexibility index (Phi) is 5.41. The minimum Gasteiger partial charge on any atom is -0.361 e. The van der Waals surface area contributed by atoms with Crippen molar-refractivity contribution in [2.75, 3.05) is 0 Å². The first-order chi connectivity index (χ1) is 18.8. The van der Waals surface area contributed by atoms with Gasteiger partial charge < -0.3 is 9.97 Å². The zero-order valence-electron chi connectivity index (χ0n) is 20.6. The maximum Gasteiger partial charge on any atom is 0.0702 e. The molecule has 0 aliphatic heterocycles. The largest absolute Gasteiger partial charge is 0.361 e. The van der Waals surface area contributed by atoms with Gasteiger partial charge in [0.05, 0.1) is 11.0 Å². The summed E-state index contributed by atoms with van der Waals surface area (Å²) in [4.78, 5) is 15.7. The number of H-pyrrole nitrogens is 2. The average Bonchev–Trinajstić information content (AvgIpc) is 3.62. The van der Waals surface area contributed by atoms with Gasteiger partial charge in [-0.3, -0.25) is 9.97 Å². The van der Waals surface area contributed by atoms with Gasteiger partial charge in [-0.15, -0.1) is 0 Å². The van der Waals surface area contributed by atoms with Crippen LogP contribution in [0.3, 0.4) is 0 Å². The minimum absolute atomic E-state index is 1.03. The first-order valence-electron chi connectivity index (χ1n) is 12.7. The summed E-state index contributed by atoms with van der Waals surface area (Å²) >= 11 is 0. The molecule has 0 fully saturated rings. The van der Waals surface area contributed by atoms with Crippen LogP contribution in [0.25, 0.3) is 65.9 Å². The highest BCUT2D eigenvalue weighted by molar-refractivity contribution is 5.98. The maximum absolute atomic E-state index is 4.53. The van der Waals surface area contributed by atoms with Gasteiger partial charge in [0.2, 0.25) is 0 Å². The van der Waals surface area contributed by atoms with Crippen LogP contribution in [0.4, 0.5) is 0 Å². The summed E-state index contributed by atoms with van der Waals surface area (Å²) in [5.74, 6) is 0. The SMILES string of the molecule is c1ccc2ncc(-c3c[nH]c4ccccc34)cc2c1.c1ccc2ncc(-c3c[nH]c4ccccc34)cc2c1. The first kappa shape index (κ1) is 22.0. The van der Waals surface area contributed by atoms with Gasteiger partial charge in [-0.2, -0.15) is 0 Å². The molecule has 4 aromatic heterocycles. The third-order valence-corrected chi connectivity index (χ3v) is 6.98. The zero-order chi connectivity index (χ0) is 25.3. The average molecular weight is 489 g/mol. The molecule has 0 saturated carbocycles. The van der Waals surface area contributed by atoms with E-state index in [1.807, 2.05) is 60.9 Å². The van der Waals surface area contributed by atoms with Crippen LogP contribution in [-0.4, -0.2) is 19.9 Å². The molecule has 0 bridgehead atoms. The van der Waals surface area contributed by atoms with Gasteiger partial charge in [-0.25, -0.2) is 0 Å². The number of pyridine rings is 2. The lowest BCUT2D eigenvalue weighted by Gasteiger charge is -2.02. The molecule has 4 aromatic carbocycles. The summed E-state index contributed by atoms with van der Waals surface area (Å²) in [6.07, 6.45) is 7.99. The summed E-state index contributed by atoms with van der Waals surface area (Å²) in [6.45, 7) is 0. The Morgan fingerprint density at radius 3 is 1.37 bits per heavy atom. The molecule has 2 N–H and O–H groups in total. The van der Waals surface area contributed by atoms with Crippen molar-refractivity contribution in [1.29, 1.82) is 0 Å². The summed E-state index contributed by atoms with van der Waals surface area (Å²) in [6, 6.07) is 37.4. The molecule has 0 unspecified atom stereocenters. The predicted octanol–water partition coefficient (Wildman–Crippen LogP) is 8.77. The normalized spacial score (nSPS) is 11.2. The Labute approximate surface area is 219 Å². The lowest BCUT2D eigenvalue weighted by molar-refractivity contribution is 1.41. The second kappa shape index (κ2) is 9.34. The third-order valence-electron chi connectivity index (χ3n) is 6.98. The van der Waals surface area contributed by atoms with E-state index in [2.05, 4.69) is 93.0 Å². The van der Waals surface area contributed by atoms with Crippen molar-refractivity contribution >= 4 is 43.6 Å². The molecule has 8 rings (SSSR count). The zero-order valence-corrected chi connectivity index (χ0v) is 20.6. The molecule has 0 amide bonds. The van der Waals surface area contributed by atoms with Gasteiger partial charge in [-0.1, -0.05) is 72.8 Å². The number of rotatable bonds is 2. The number of benzene rings is 4. The van der Waals surface area contributed by atoms with Crippen LogP contribution < -0.4 is 0 Å². The molecule has 180 valence electrons. The van der Waals surface area contributed by atoms with E-state index in [9.17, 15) is 0 Å². The van der Waals surface area contributed by atoms with E-state index in [1.54, 1.807) is 0 Å². The first-order valence-corrected chi connectivity index (χ1v) is 12.7. The Balaban J connectivity index is 0.000000127. The van der Waals surface area contributed by atoms with Crippen molar-refractivity contribution < 1.29 is 0 Å². The second-order valence-corrected chi connectivity index (χ2v) is 9.33. The van der Waals surface area contributed by atoms with Crippen molar-refractivity contribution in [3.8, 4) is 22.3 Å². The fraction of sp³-hybridized carbons (Fsp3) is 0. The quantitative estimate of drug-likeness (QED) is 0.255. The van der Waals surface area contributed by atoms with Crippen molar-refractivity contribution in [2.45, 2.75) is 0 Å². The molecule has 0 saturated heterocycles. The Bertz CT molecular complexity index is 1900. The molecular weight excluding hydrogens is 464 g/mol.